The predicted molar refractivity (Wildman–Crippen MR) is 83.5 cm³/mol. The molecule has 1 saturated heterocycles. The molecule has 0 bridgehead atoms. The highest BCUT2D eigenvalue weighted by atomic mass is 35.5. The summed E-state index contributed by atoms with van der Waals surface area (Å²) in [5, 5.41) is 14.7. The maximum atomic E-state index is 12.4. The number of halogens is 1. The molecular weight excluding hydrogens is 320 g/mol. The number of hydrogen-bond donors (Lipinski definition) is 1. The van der Waals surface area contributed by atoms with Crippen molar-refractivity contribution < 1.29 is 14.6 Å². The van der Waals surface area contributed by atoms with E-state index in [2.05, 4.69) is 10.1 Å². The molecule has 2 aromatic rings. The van der Waals surface area contributed by atoms with Gasteiger partial charge < -0.3 is 14.7 Å². The molecule has 23 heavy (non-hydrogen) atoms. The van der Waals surface area contributed by atoms with Crippen LogP contribution < -0.4 is 4.74 Å². The average Bonchev–Trinajstić information content (AvgIpc) is 3.14. The molecule has 0 saturated carbocycles. The number of aliphatic hydroxyl groups is 1. The molecule has 0 radical (unpaired) electrons. The maximum absolute atomic E-state index is 12.4. The Balaban J connectivity index is 1.67. The molecule has 122 valence electrons. The molecule has 2 atom stereocenters. The number of carbonyl (C=O) groups excluding carboxylic acids is 1. The number of hydrogen-bond acceptors (Lipinski definition) is 5. The third kappa shape index (κ3) is 3.46. The van der Waals surface area contributed by atoms with Gasteiger partial charge in [-0.1, -0.05) is 11.6 Å². The van der Waals surface area contributed by atoms with Crippen LogP contribution >= 0.6 is 11.6 Å². The van der Waals surface area contributed by atoms with Gasteiger partial charge in [0, 0.05) is 18.9 Å². The van der Waals surface area contributed by atoms with E-state index in [1.807, 2.05) is 6.92 Å². The number of rotatable bonds is 4. The number of aryl methyl sites for hydroxylation is 1. The molecule has 8 heteroatoms. The first kappa shape index (κ1) is 15.8. The molecule has 0 aliphatic carbocycles. The zero-order chi connectivity index (χ0) is 16.4. The molecule has 2 aromatic heterocycles. The van der Waals surface area contributed by atoms with Gasteiger partial charge in [0.2, 0.25) is 0 Å². The van der Waals surface area contributed by atoms with Gasteiger partial charge in [0.05, 0.1) is 36.1 Å². The minimum atomic E-state index is -0.754. The second kappa shape index (κ2) is 6.55. The van der Waals surface area contributed by atoms with Gasteiger partial charge in [0.15, 0.2) is 5.75 Å². The summed E-state index contributed by atoms with van der Waals surface area (Å²) in [6.07, 6.45) is 5.05. The van der Waals surface area contributed by atoms with E-state index in [0.29, 0.717) is 22.9 Å². The van der Waals surface area contributed by atoms with Crippen molar-refractivity contribution in [2.45, 2.75) is 25.7 Å². The third-order valence-corrected chi connectivity index (χ3v) is 3.90. The molecule has 0 aromatic carbocycles. The second-order valence-corrected chi connectivity index (χ2v) is 5.79. The first-order valence-corrected chi connectivity index (χ1v) is 7.71. The normalized spacial score (nSPS) is 20.7. The first-order chi connectivity index (χ1) is 11.1. The summed E-state index contributed by atoms with van der Waals surface area (Å²) in [5.41, 5.74) is 0.393. The number of amides is 1. The molecule has 3 rings (SSSR count). The van der Waals surface area contributed by atoms with Gasteiger partial charge in [-0.05, 0) is 13.0 Å². The van der Waals surface area contributed by atoms with E-state index >= 15 is 0 Å². The van der Waals surface area contributed by atoms with Crippen LogP contribution in [0.1, 0.15) is 17.3 Å². The van der Waals surface area contributed by atoms with Crippen LogP contribution in [-0.2, 0) is 6.54 Å². The molecule has 1 N–H and O–H groups in total. The summed E-state index contributed by atoms with van der Waals surface area (Å²) in [7, 11) is 0. The number of aromatic nitrogens is 3. The van der Waals surface area contributed by atoms with Crippen molar-refractivity contribution in [3.8, 4) is 5.75 Å². The fraction of sp³-hybridized carbons (Fsp3) is 0.400. The number of aliphatic hydroxyl groups excluding tert-OH is 1. The zero-order valence-corrected chi connectivity index (χ0v) is 13.3. The van der Waals surface area contributed by atoms with Gasteiger partial charge >= 0.3 is 0 Å². The monoisotopic (exact) mass is 336 g/mol. The lowest BCUT2D eigenvalue weighted by Gasteiger charge is -2.16. The Bertz CT molecular complexity index is 706. The van der Waals surface area contributed by atoms with E-state index < -0.39 is 12.2 Å². The molecule has 1 amide bonds. The van der Waals surface area contributed by atoms with Crippen LogP contribution in [0, 0.1) is 0 Å². The van der Waals surface area contributed by atoms with E-state index in [-0.39, 0.29) is 12.5 Å². The SMILES string of the molecule is CCn1cc(O[C@@H]2CN(C(=O)c3cncc(Cl)c3)C[C@H]2O)cn1. The zero-order valence-electron chi connectivity index (χ0n) is 12.6. The topological polar surface area (TPSA) is 80.5 Å². The summed E-state index contributed by atoms with van der Waals surface area (Å²) < 4.78 is 7.47. The van der Waals surface area contributed by atoms with Crippen LogP contribution in [0.3, 0.4) is 0 Å². The Labute approximate surface area is 138 Å². The minimum Gasteiger partial charge on any atom is -0.482 e. The van der Waals surface area contributed by atoms with E-state index in [4.69, 9.17) is 16.3 Å². The van der Waals surface area contributed by atoms with Gasteiger partial charge in [0.25, 0.3) is 5.91 Å². The highest BCUT2D eigenvalue weighted by Gasteiger charge is 2.36. The largest absolute Gasteiger partial charge is 0.482 e. The van der Waals surface area contributed by atoms with Crippen molar-refractivity contribution in [1.82, 2.24) is 19.7 Å². The average molecular weight is 337 g/mol. The summed E-state index contributed by atoms with van der Waals surface area (Å²) in [5.74, 6) is 0.351. The number of β-amino-alcohol motifs (C(OH)–C–C–N with tert-alkyl or cyclic N) is 1. The summed E-state index contributed by atoms with van der Waals surface area (Å²) in [6.45, 7) is 3.21. The second-order valence-electron chi connectivity index (χ2n) is 5.36. The predicted octanol–water partition coefficient (Wildman–Crippen LogP) is 1.22. The van der Waals surface area contributed by atoms with Crippen LogP contribution in [0.5, 0.6) is 5.75 Å². The van der Waals surface area contributed by atoms with E-state index in [9.17, 15) is 9.90 Å². The van der Waals surface area contributed by atoms with Crippen LogP contribution in [-0.4, -0.2) is 56.0 Å². The minimum absolute atomic E-state index is 0.206. The number of likely N-dealkylation sites (tertiary alicyclic amines) is 1. The van der Waals surface area contributed by atoms with Crippen LogP contribution in [0.15, 0.2) is 30.9 Å². The molecule has 3 heterocycles. The number of ether oxygens (including phenoxy) is 1. The van der Waals surface area contributed by atoms with Gasteiger partial charge in [-0.15, -0.1) is 0 Å². The number of carbonyl (C=O) groups is 1. The quantitative estimate of drug-likeness (QED) is 0.908. The molecule has 7 nitrogen and oxygen atoms in total. The van der Waals surface area contributed by atoms with Gasteiger partial charge in [0.1, 0.15) is 12.2 Å². The van der Waals surface area contributed by atoms with Crippen molar-refractivity contribution in [3.05, 3.63) is 41.4 Å². The Kier molecular flexibility index (Phi) is 4.49. The number of pyridine rings is 1. The highest BCUT2D eigenvalue weighted by molar-refractivity contribution is 6.30. The van der Waals surface area contributed by atoms with Crippen molar-refractivity contribution in [2.75, 3.05) is 13.1 Å². The summed E-state index contributed by atoms with van der Waals surface area (Å²) in [4.78, 5) is 17.9. The molecule has 1 fully saturated rings. The Morgan fingerprint density at radius 3 is 2.96 bits per heavy atom. The summed E-state index contributed by atoms with van der Waals surface area (Å²) in [6, 6.07) is 1.56. The van der Waals surface area contributed by atoms with Crippen molar-refractivity contribution in [3.63, 3.8) is 0 Å². The van der Waals surface area contributed by atoms with Crippen LogP contribution in [0.25, 0.3) is 0 Å². The van der Waals surface area contributed by atoms with Crippen LogP contribution in [0.2, 0.25) is 5.02 Å². The number of nitrogens with zero attached hydrogens (tertiary/aromatic N) is 4. The Morgan fingerprint density at radius 2 is 2.26 bits per heavy atom. The smallest absolute Gasteiger partial charge is 0.255 e. The van der Waals surface area contributed by atoms with Crippen LogP contribution in [0.4, 0.5) is 0 Å². The molecule has 0 unspecified atom stereocenters. The van der Waals surface area contributed by atoms with Gasteiger partial charge in [-0.2, -0.15) is 5.10 Å². The Morgan fingerprint density at radius 1 is 1.43 bits per heavy atom. The molecule has 1 aliphatic rings. The van der Waals surface area contributed by atoms with Gasteiger partial charge in [-0.25, -0.2) is 0 Å². The third-order valence-electron chi connectivity index (χ3n) is 3.70. The lowest BCUT2D eigenvalue weighted by molar-refractivity contribution is 0.0729. The highest BCUT2D eigenvalue weighted by Crippen LogP contribution is 2.20. The van der Waals surface area contributed by atoms with E-state index in [1.54, 1.807) is 23.1 Å². The van der Waals surface area contributed by atoms with Crippen molar-refractivity contribution >= 4 is 17.5 Å². The van der Waals surface area contributed by atoms with Crippen molar-refractivity contribution in [1.29, 1.82) is 0 Å². The fourth-order valence-electron chi connectivity index (χ4n) is 2.50. The summed E-state index contributed by atoms with van der Waals surface area (Å²) >= 11 is 5.86. The maximum Gasteiger partial charge on any atom is 0.255 e. The van der Waals surface area contributed by atoms with Gasteiger partial charge in [-0.3, -0.25) is 14.5 Å². The lowest BCUT2D eigenvalue weighted by Crippen LogP contribution is -2.31. The molecule has 1 aliphatic heterocycles. The molecular formula is C15H17ClN4O3. The standard InChI is InChI=1S/C15H17ClN4O3/c1-2-20-7-12(6-18-20)23-14-9-19(8-13(14)21)15(22)10-3-11(16)5-17-4-10/h3-7,13-14,21H,2,8-9H2,1H3/t13-,14-/m1/s1. The Hall–Kier alpha value is -2.12. The van der Waals surface area contributed by atoms with Crippen molar-refractivity contribution in [2.24, 2.45) is 0 Å². The van der Waals surface area contributed by atoms with E-state index in [0.717, 1.165) is 6.54 Å². The van der Waals surface area contributed by atoms with E-state index in [1.165, 1.54) is 17.3 Å². The fourth-order valence-corrected chi connectivity index (χ4v) is 2.68. The first-order valence-electron chi connectivity index (χ1n) is 7.34. The lowest BCUT2D eigenvalue weighted by atomic mass is 10.2. The molecule has 0 spiro atoms.